The summed E-state index contributed by atoms with van der Waals surface area (Å²) in [6, 6.07) is 7.94. The molecule has 3 heterocycles. The quantitative estimate of drug-likeness (QED) is 0.354. The maximum absolute atomic E-state index is 14.8. The van der Waals surface area contributed by atoms with E-state index in [1.54, 1.807) is 31.2 Å². The lowest BCUT2D eigenvalue weighted by Crippen LogP contribution is -2.30. The van der Waals surface area contributed by atoms with Crippen molar-refractivity contribution >= 4 is 19.6 Å². The van der Waals surface area contributed by atoms with Crippen molar-refractivity contribution in [1.82, 2.24) is 25.2 Å². The van der Waals surface area contributed by atoms with Gasteiger partial charge < -0.3 is 24.5 Å². The highest BCUT2D eigenvalue weighted by Crippen LogP contribution is 2.30. The Balaban J connectivity index is 0.000000623. The van der Waals surface area contributed by atoms with Gasteiger partial charge in [-0.2, -0.15) is 4.80 Å². The first-order valence-corrected chi connectivity index (χ1v) is 12.0. The van der Waals surface area contributed by atoms with Gasteiger partial charge in [0.15, 0.2) is 0 Å². The van der Waals surface area contributed by atoms with E-state index in [0.29, 0.717) is 41.3 Å². The summed E-state index contributed by atoms with van der Waals surface area (Å²) in [6.07, 6.45) is 0.0325. The molecule has 2 aromatic heterocycles. The molecule has 1 aliphatic heterocycles. The standard InChI is InChI=1S/C20H21FN6O3.H3O4P/c1-3-17(28)18-11-26(20(29)30-18)13-6-7-14(15(21)9-13)12-5-8-16(22-10-12)19-23-25-27(4-2)24-19;1-5(2,3)4/h5-10,17-18,28H,3-4,11H2,1-2H3;(H3,1,2,3,4)/t17?,18-;/m1./s1. The highest BCUT2D eigenvalue weighted by Gasteiger charge is 2.36. The fraction of sp³-hybridized carbons (Fsp3) is 0.350. The Labute approximate surface area is 199 Å². The summed E-state index contributed by atoms with van der Waals surface area (Å²) in [5.41, 5.74) is 1.84. The topological polar surface area (TPSA) is 184 Å². The van der Waals surface area contributed by atoms with Crippen molar-refractivity contribution in [2.24, 2.45) is 0 Å². The van der Waals surface area contributed by atoms with Gasteiger partial charge in [-0.05, 0) is 42.8 Å². The zero-order chi connectivity index (χ0) is 25.8. The maximum atomic E-state index is 14.8. The number of aliphatic hydroxyl groups excluding tert-OH is 1. The predicted molar refractivity (Wildman–Crippen MR) is 120 cm³/mol. The number of carbonyl (C=O) groups is 1. The van der Waals surface area contributed by atoms with Crippen LogP contribution in [0.1, 0.15) is 20.3 Å². The number of carbonyl (C=O) groups excluding carboxylic acids is 1. The van der Waals surface area contributed by atoms with Crippen molar-refractivity contribution in [2.45, 2.75) is 39.0 Å². The van der Waals surface area contributed by atoms with Gasteiger partial charge in [-0.25, -0.2) is 13.8 Å². The molecule has 15 heteroatoms. The lowest BCUT2D eigenvalue weighted by Gasteiger charge is -2.16. The number of aryl methyl sites for hydroxylation is 1. The number of pyridine rings is 1. The Morgan fingerprint density at radius 1 is 1.23 bits per heavy atom. The first-order valence-electron chi connectivity index (χ1n) is 10.5. The Hall–Kier alpha value is -3.29. The first kappa shape index (κ1) is 26.3. The Bertz CT molecular complexity index is 1210. The molecule has 3 aromatic rings. The van der Waals surface area contributed by atoms with Gasteiger partial charge in [-0.3, -0.25) is 9.88 Å². The molecule has 1 aliphatic rings. The summed E-state index contributed by atoms with van der Waals surface area (Å²) < 4.78 is 28.9. The molecule has 0 spiro atoms. The number of cyclic esters (lactones) is 1. The number of aliphatic hydroxyl groups is 1. The van der Waals surface area contributed by atoms with Crippen LogP contribution in [0.5, 0.6) is 0 Å². The van der Waals surface area contributed by atoms with Gasteiger partial charge in [0.05, 0.1) is 24.9 Å². The molecule has 4 rings (SSSR count). The summed E-state index contributed by atoms with van der Waals surface area (Å²) in [5, 5.41) is 21.9. The second-order valence-electron chi connectivity index (χ2n) is 7.42. The molecule has 1 aromatic carbocycles. The molecule has 1 fully saturated rings. The number of hydrogen-bond donors (Lipinski definition) is 4. The predicted octanol–water partition coefficient (Wildman–Crippen LogP) is 1.73. The van der Waals surface area contributed by atoms with Crippen LogP contribution in [0, 0.1) is 5.82 Å². The number of anilines is 1. The third-order valence-electron chi connectivity index (χ3n) is 4.99. The van der Waals surface area contributed by atoms with Gasteiger partial charge in [0.25, 0.3) is 0 Å². The molecular formula is C20H24FN6O7P. The molecule has 35 heavy (non-hydrogen) atoms. The van der Waals surface area contributed by atoms with Crippen LogP contribution in [-0.2, 0) is 15.8 Å². The molecule has 188 valence electrons. The van der Waals surface area contributed by atoms with E-state index in [1.165, 1.54) is 22.0 Å². The lowest BCUT2D eigenvalue weighted by atomic mass is 10.1. The zero-order valence-corrected chi connectivity index (χ0v) is 19.7. The number of amides is 1. The van der Waals surface area contributed by atoms with Crippen LogP contribution in [0.2, 0.25) is 0 Å². The lowest BCUT2D eigenvalue weighted by molar-refractivity contribution is 0.0308. The van der Waals surface area contributed by atoms with E-state index >= 15 is 0 Å². The third kappa shape index (κ3) is 6.87. The molecule has 0 saturated carbocycles. The van der Waals surface area contributed by atoms with E-state index in [1.807, 2.05) is 6.92 Å². The van der Waals surface area contributed by atoms with E-state index in [2.05, 4.69) is 20.4 Å². The second-order valence-corrected chi connectivity index (χ2v) is 8.45. The van der Waals surface area contributed by atoms with Crippen molar-refractivity contribution in [3.8, 4) is 22.6 Å². The summed E-state index contributed by atoms with van der Waals surface area (Å²) in [6.45, 7) is 4.49. The van der Waals surface area contributed by atoms with E-state index in [4.69, 9.17) is 24.0 Å². The molecule has 1 amide bonds. The average molecular weight is 510 g/mol. The van der Waals surface area contributed by atoms with Crippen LogP contribution >= 0.6 is 7.82 Å². The van der Waals surface area contributed by atoms with Crippen LogP contribution in [0.25, 0.3) is 22.6 Å². The summed E-state index contributed by atoms with van der Waals surface area (Å²) in [4.78, 5) is 40.8. The monoisotopic (exact) mass is 510 g/mol. The molecule has 0 bridgehead atoms. The minimum Gasteiger partial charge on any atom is -0.441 e. The van der Waals surface area contributed by atoms with Crippen LogP contribution < -0.4 is 4.90 Å². The minimum absolute atomic E-state index is 0.175. The number of aromatic nitrogens is 5. The largest absolute Gasteiger partial charge is 0.466 e. The van der Waals surface area contributed by atoms with Gasteiger partial charge in [-0.1, -0.05) is 13.0 Å². The highest BCUT2D eigenvalue weighted by molar-refractivity contribution is 7.45. The second kappa shape index (κ2) is 11.0. The summed E-state index contributed by atoms with van der Waals surface area (Å²) >= 11 is 0. The maximum Gasteiger partial charge on any atom is 0.466 e. The summed E-state index contributed by atoms with van der Waals surface area (Å²) in [5.74, 6) is -0.0972. The molecule has 0 aliphatic carbocycles. The van der Waals surface area contributed by atoms with E-state index < -0.39 is 31.9 Å². The smallest absolute Gasteiger partial charge is 0.441 e. The Kier molecular flexibility index (Phi) is 8.25. The van der Waals surface area contributed by atoms with Crippen molar-refractivity contribution in [1.29, 1.82) is 0 Å². The van der Waals surface area contributed by atoms with E-state index in [-0.39, 0.29) is 6.54 Å². The zero-order valence-electron chi connectivity index (χ0n) is 18.8. The number of ether oxygens (including phenoxy) is 1. The number of rotatable bonds is 6. The van der Waals surface area contributed by atoms with Crippen LogP contribution in [0.4, 0.5) is 14.9 Å². The molecular weight excluding hydrogens is 486 g/mol. The van der Waals surface area contributed by atoms with E-state index in [0.717, 1.165) is 0 Å². The molecule has 1 saturated heterocycles. The number of benzene rings is 1. The minimum atomic E-state index is -4.64. The Morgan fingerprint density at radius 2 is 1.94 bits per heavy atom. The molecule has 13 nitrogen and oxygen atoms in total. The SMILES string of the molecule is CCC(O)[C@H]1CN(c2ccc(-c3ccc(-c4nnn(CC)n4)nc3)c(F)c2)C(=O)O1.O=P(O)(O)O. The van der Waals surface area contributed by atoms with Crippen LogP contribution in [0.15, 0.2) is 36.5 Å². The first-order chi connectivity index (χ1) is 16.5. The number of tetrazole rings is 1. The van der Waals surface area contributed by atoms with Crippen LogP contribution in [-0.4, -0.2) is 69.8 Å². The van der Waals surface area contributed by atoms with Crippen molar-refractivity contribution in [2.75, 3.05) is 11.4 Å². The highest BCUT2D eigenvalue weighted by atomic mass is 31.2. The summed E-state index contributed by atoms with van der Waals surface area (Å²) in [7, 11) is -4.64. The fourth-order valence-electron chi connectivity index (χ4n) is 3.23. The van der Waals surface area contributed by atoms with Gasteiger partial charge in [-0.15, -0.1) is 10.2 Å². The van der Waals surface area contributed by atoms with Crippen LogP contribution in [0.3, 0.4) is 0 Å². The van der Waals surface area contributed by atoms with Crippen molar-refractivity contribution in [3.05, 3.63) is 42.3 Å². The number of hydrogen-bond acceptors (Lipinski definition) is 8. The Morgan fingerprint density at radius 3 is 2.49 bits per heavy atom. The van der Waals surface area contributed by atoms with Gasteiger partial charge in [0.1, 0.15) is 17.6 Å². The normalized spacial score (nSPS) is 16.5. The molecule has 2 atom stereocenters. The van der Waals surface area contributed by atoms with Gasteiger partial charge >= 0.3 is 13.9 Å². The van der Waals surface area contributed by atoms with Crippen molar-refractivity contribution < 1.29 is 38.3 Å². The molecule has 1 unspecified atom stereocenters. The fourth-order valence-corrected chi connectivity index (χ4v) is 3.23. The van der Waals surface area contributed by atoms with E-state index in [9.17, 15) is 14.3 Å². The van der Waals surface area contributed by atoms with Gasteiger partial charge in [0, 0.05) is 17.3 Å². The molecule has 0 radical (unpaired) electrons. The third-order valence-corrected chi connectivity index (χ3v) is 4.99. The molecule has 4 N–H and O–H groups in total. The number of nitrogens with zero attached hydrogens (tertiary/aromatic N) is 6. The van der Waals surface area contributed by atoms with Crippen molar-refractivity contribution in [3.63, 3.8) is 0 Å². The average Bonchev–Trinajstić information content (AvgIpc) is 3.44. The number of phosphoric acid groups is 1. The van der Waals surface area contributed by atoms with Gasteiger partial charge in [0.2, 0.25) is 5.82 Å². The number of halogens is 1.